The second-order valence-electron chi connectivity index (χ2n) is 9.32. The molecule has 1 fully saturated rings. The van der Waals surface area contributed by atoms with Gasteiger partial charge in [-0.15, -0.1) is 0 Å². The summed E-state index contributed by atoms with van der Waals surface area (Å²) >= 11 is 0. The van der Waals surface area contributed by atoms with Crippen LogP contribution in [0.1, 0.15) is 19.3 Å². The smallest absolute Gasteiger partial charge is 0.159 e. The fraction of sp³-hybridized carbons (Fsp3) is 0.185. The largest absolute Gasteiger partial charge is 0.374 e. The SMILES string of the molecule is OC(Nc1cncc(-c2cnc3[nH]nc(-c4nc5c(-c6ccccn6)cncc5[nH]4)c3c2)c1)C1CCC1. The molecule has 6 heterocycles. The number of aromatic amines is 2. The number of fused-ring (bicyclic) bond motifs is 2. The van der Waals surface area contributed by atoms with E-state index in [4.69, 9.17) is 4.98 Å². The number of aromatic nitrogens is 8. The Morgan fingerprint density at radius 1 is 0.973 bits per heavy atom. The highest BCUT2D eigenvalue weighted by Gasteiger charge is 2.25. The molecule has 1 saturated carbocycles. The van der Waals surface area contributed by atoms with E-state index < -0.39 is 6.23 Å². The summed E-state index contributed by atoms with van der Waals surface area (Å²) in [5.41, 5.74) is 7.09. The van der Waals surface area contributed by atoms with E-state index in [0.29, 0.717) is 23.1 Å². The van der Waals surface area contributed by atoms with Gasteiger partial charge < -0.3 is 15.4 Å². The molecule has 6 aromatic heterocycles. The van der Waals surface area contributed by atoms with Gasteiger partial charge in [-0.3, -0.25) is 20.1 Å². The maximum Gasteiger partial charge on any atom is 0.159 e. The van der Waals surface area contributed by atoms with E-state index in [2.05, 4.69) is 40.4 Å². The molecule has 4 N–H and O–H groups in total. The van der Waals surface area contributed by atoms with Gasteiger partial charge in [0, 0.05) is 47.4 Å². The van der Waals surface area contributed by atoms with Gasteiger partial charge in [0.1, 0.15) is 17.4 Å². The highest BCUT2D eigenvalue weighted by Crippen LogP contribution is 2.33. The van der Waals surface area contributed by atoms with E-state index in [-0.39, 0.29) is 0 Å². The van der Waals surface area contributed by atoms with Crippen molar-refractivity contribution in [3.05, 3.63) is 67.5 Å². The number of nitrogens with one attached hydrogen (secondary N) is 3. The lowest BCUT2D eigenvalue weighted by atomic mass is 9.84. The van der Waals surface area contributed by atoms with E-state index in [1.165, 1.54) is 6.42 Å². The van der Waals surface area contributed by atoms with Crippen LogP contribution in [-0.4, -0.2) is 51.4 Å². The molecule has 0 bridgehead atoms. The van der Waals surface area contributed by atoms with Gasteiger partial charge >= 0.3 is 0 Å². The normalized spacial score (nSPS) is 14.6. The van der Waals surface area contributed by atoms with Gasteiger partial charge in [0.2, 0.25) is 0 Å². The monoisotopic (exact) mass is 489 g/mol. The molecule has 7 rings (SSSR count). The average molecular weight is 490 g/mol. The molecule has 1 atom stereocenters. The van der Waals surface area contributed by atoms with Gasteiger partial charge in [-0.05, 0) is 37.1 Å². The van der Waals surface area contributed by atoms with Crippen LogP contribution in [-0.2, 0) is 0 Å². The molecule has 1 aliphatic carbocycles. The molecular weight excluding hydrogens is 466 g/mol. The Kier molecular flexibility index (Phi) is 5.10. The number of imidazole rings is 1. The van der Waals surface area contributed by atoms with E-state index in [9.17, 15) is 5.11 Å². The van der Waals surface area contributed by atoms with Crippen molar-refractivity contribution in [3.8, 4) is 33.9 Å². The van der Waals surface area contributed by atoms with E-state index >= 15 is 0 Å². The number of hydrogen-bond acceptors (Lipinski definition) is 8. The minimum atomic E-state index is -0.564. The molecule has 182 valence electrons. The minimum Gasteiger partial charge on any atom is -0.374 e. The Labute approximate surface area is 211 Å². The van der Waals surface area contributed by atoms with Crippen molar-refractivity contribution in [1.82, 2.24) is 40.1 Å². The summed E-state index contributed by atoms with van der Waals surface area (Å²) in [6.45, 7) is 0. The Morgan fingerprint density at radius 3 is 2.70 bits per heavy atom. The zero-order valence-electron chi connectivity index (χ0n) is 19.8. The second-order valence-corrected chi connectivity index (χ2v) is 9.32. The van der Waals surface area contributed by atoms with Gasteiger partial charge in [-0.25, -0.2) is 9.97 Å². The lowest BCUT2D eigenvalue weighted by molar-refractivity contribution is 0.0851. The third kappa shape index (κ3) is 3.87. The summed E-state index contributed by atoms with van der Waals surface area (Å²) in [4.78, 5) is 26.0. The summed E-state index contributed by atoms with van der Waals surface area (Å²) in [7, 11) is 0. The zero-order chi connectivity index (χ0) is 24.8. The summed E-state index contributed by atoms with van der Waals surface area (Å²) < 4.78 is 0. The summed E-state index contributed by atoms with van der Waals surface area (Å²) in [6.07, 6.45) is 13.3. The molecule has 0 aliphatic heterocycles. The van der Waals surface area contributed by atoms with Crippen molar-refractivity contribution in [3.63, 3.8) is 0 Å². The van der Waals surface area contributed by atoms with Crippen LogP contribution >= 0.6 is 0 Å². The Balaban J connectivity index is 1.26. The van der Waals surface area contributed by atoms with Gasteiger partial charge in [-0.2, -0.15) is 5.10 Å². The van der Waals surface area contributed by atoms with Crippen LogP contribution in [0.2, 0.25) is 0 Å². The molecule has 6 aromatic rings. The molecule has 10 nitrogen and oxygen atoms in total. The fourth-order valence-corrected chi connectivity index (χ4v) is 4.72. The molecular formula is C27H23N9O. The fourth-order valence-electron chi connectivity index (χ4n) is 4.72. The summed E-state index contributed by atoms with van der Waals surface area (Å²) in [6, 6.07) is 9.76. The van der Waals surface area contributed by atoms with Crippen molar-refractivity contribution in [1.29, 1.82) is 0 Å². The number of rotatable bonds is 6. The number of hydrogen-bond donors (Lipinski definition) is 4. The lowest BCUT2D eigenvalue weighted by Gasteiger charge is -2.31. The van der Waals surface area contributed by atoms with Crippen LogP contribution in [0.3, 0.4) is 0 Å². The summed E-state index contributed by atoms with van der Waals surface area (Å²) in [5, 5.41) is 22.0. The lowest BCUT2D eigenvalue weighted by Crippen LogP contribution is -2.33. The topological polar surface area (TPSA) is 141 Å². The number of anilines is 1. The van der Waals surface area contributed by atoms with Crippen LogP contribution in [0, 0.1) is 5.92 Å². The van der Waals surface area contributed by atoms with Crippen molar-refractivity contribution in [2.45, 2.75) is 25.5 Å². The van der Waals surface area contributed by atoms with Crippen molar-refractivity contribution in [2.75, 3.05) is 5.32 Å². The zero-order valence-corrected chi connectivity index (χ0v) is 19.8. The molecule has 0 aromatic carbocycles. The number of H-pyrrole nitrogens is 2. The Morgan fingerprint density at radius 2 is 1.86 bits per heavy atom. The molecule has 0 radical (unpaired) electrons. The molecule has 1 aliphatic rings. The number of aliphatic hydroxyl groups excluding tert-OH is 1. The van der Waals surface area contributed by atoms with Crippen LogP contribution in [0.25, 0.3) is 56.0 Å². The minimum absolute atomic E-state index is 0.298. The number of nitrogens with zero attached hydrogens (tertiary/aromatic N) is 6. The van der Waals surface area contributed by atoms with Crippen LogP contribution in [0.5, 0.6) is 0 Å². The Hall–Kier alpha value is -4.70. The quantitative estimate of drug-likeness (QED) is 0.250. The average Bonchev–Trinajstić information content (AvgIpc) is 3.52. The standard InChI is InChI=1S/C27H23N9O/c37-27(15-4-3-5-15)32-18-8-16(10-28-12-18)17-9-19-24(35-36-25(19)31-11-17)26-33-22-14-29-13-20(23(22)34-26)21-6-1-2-7-30-21/h1-2,6-15,27,32,37H,3-5H2,(H,33,34)(H,31,35,36). The first-order valence-electron chi connectivity index (χ1n) is 12.2. The maximum absolute atomic E-state index is 10.4. The second kappa shape index (κ2) is 8.75. The maximum atomic E-state index is 10.4. The van der Waals surface area contributed by atoms with Gasteiger partial charge in [-0.1, -0.05) is 12.5 Å². The molecule has 37 heavy (non-hydrogen) atoms. The van der Waals surface area contributed by atoms with Crippen LogP contribution in [0.15, 0.2) is 67.5 Å². The molecule has 10 heteroatoms. The van der Waals surface area contributed by atoms with Crippen LogP contribution in [0.4, 0.5) is 5.69 Å². The Bertz CT molecular complexity index is 1720. The predicted octanol–water partition coefficient (Wildman–Crippen LogP) is 4.55. The first-order valence-corrected chi connectivity index (χ1v) is 12.2. The molecule has 0 amide bonds. The van der Waals surface area contributed by atoms with Gasteiger partial charge in [0.25, 0.3) is 0 Å². The first-order chi connectivity index (χ1) is 18.2. The highest BCUT2D eigenvalue weighted by atomic mass is 16.3. The van der Waals surface area contributed by atoms with Crippen molar-refractivity contribution >= 4 is 27.8 Å². The third-order valence-corrected chi connectivity index (χ3v) is 6.96. The van der Waals surface area contributed by atoms with Crippen molar-refractivity contribution in [2.24, 2.45) is 5.92 Å². The van der Waals surface area contributed by atoms with E-state index in [1.807, 2.05) is 30.3 Å². The number of aliphatic hydroxyl groups is 1. The van der Waals surface area contributed by atoms with E-state index in [1.54, 1.807) is 37.2 Å². The molecule has 1 unspecified atom stereocenters. The van der Waals surface area contributed by atoms with Gasteiger partial charge in [0.15, 0.2) is 11.5 Å². The summed E-state index contributed by atoms with van der Waals surface area (Å²) in [5.74, 6) is 0.912. The van der Waals surface area contributed by atoms with Crippen LogP contribution < -0.4 is 5.32 Å². The predicted molar refractivity (Wildman–Crippen MR) is 140 cm³/mol. The van der Waals surface area contributed by atoms with Gasteiger partial charge in [0.05, 0.1) is 34.7 Å². The molecule has 0 saturated heterocycles. The number of pyridine rings is 4. The van der Waals surface area contributed by atoms with E-state index in [0.717, 1.165) is 57.3 Å². The highest BCUT2D eigenvalue weighted by molar-refractivity contribution is 5.96. The molecule has 0 spiro atoms. The van der Waals surface area contributed by atoms with Crippen molar-refractivity contribution < 1.29 is 5.11 Å². The first kappa shape index (κ1) is 21.6. The third-order valence-electron chi connectivity index (χ3n) is 6.96.